The maximum absolute atomic E-state index is 10.3. The van der Waals surface area contributed by atoms with Crippen LogP contribution in [0.5, 0.6) is 0 Å². The Morgan fingerprint density at radius 1 is 1.10 bits per heavy atom. The summed E-state index contributed by atoms with van der Waals surface area (Å²) in [6.45, 7) is 10.9. The molecule has 3 heteroatoms. The fraction of sp³-hybridized carbons (Fsp3) is 0.444. The Labute approximate surface area is 127 Å². The van der Waals surface area contributed by atoms with E-state index < -0.39 is 6.10 Å². The van der Waals surface area contributed by atoms with Gasteiger partial charge in [0.25, 0.3) is 0 Å². The molecule has 0 aliphatic carbocycles. The van der Waals surface area contributed by atoms with Crippen LogP contribution in [0.1, 0.15) is 54.8 Å². The predicted octanol–water partition coefficient (Wildman–Crippen LogP) is 3.67. The van der Waals surface area contributed by atoms with E-state index in [9.17, 15) is 5.11 Å². The molecule has 1 aromatic carbocycles. The summed E-state index contributed by atoms with van der Waals surface area (Å²) in [5.41, 5.74) is 5.73. The molecule has 1 heterocycles. The van der Waals surface area contributed by atoms with Gasteiger partial charge in [0.1, 0.15) is 6.10 Å². The highest BCUT2D eigenvalue weighted by molar-refractivity contribution is 5.41. The van der Waals surface area contributed by atoms with Gasteiger partial charge in [0.05, 0.1) is 11.9 Å². The summed E-state index contributed by atoms with van der Waals surface area (Å²) < 4.78 is 0. The van der Waals surface area contributed by atoms with Gasteiger partial charge in [-0.05, 0) is 41.5 Å². The zero-order chi connectivity index (χ0) is 15.6. The van der Waals surface area contributed by atoms with Gasteiger partial charge in [0.2, 0.25) is 0 Å². The van der Waals surface area contributed by atoms with Crippen LogP contribution >= 0.6 is 0 Å². The number of aliphatic hydroxyl groups is 1. The molecule has 21 heavy (non-hydrogen) atoms. The van der Waals surface area contributed by atoms with E-state index in [1.165, 1.54) is 22.3 Å². The van der Waals surface area contributed by atoms with Gasteiger partial charge in [-0.2, -0.15) is 0 Å². The summed E-state index contributed by atoms with van der Waals surface area (Å²) in [6, 6.07) is 4.46. The van der Waals surface area contributed by atoms with Crippen LogP contribution in [0.25, 0.3) is 0 Å². The second kappa shape index (κ2) is 5.94. The molecule has 0 spiro atoms. The predicted molar refractivity (Wildman–Crippen MR) is 85.3 cm³/mol. The van der Waals surface area contributed by atoms with Crippen LogP contribution in [0.2, 0.25) is 0 Å². The van der Waals surface area contributed by atoms with Crippen LogP contribution in [0.4, 0.5) is 0 Å². The number of benzene rings is 1. The van der Waals surface area contributed by atoms with Crippen molar-refractivity contribution in [3.8, 4) is 0 Å². The minimum Gasteiger partial charge on any atom is -0.386 e. The number of nitrogens with zero attached hydrogens (tertiary/aromatic N) is 2. The van der Waals surface area contributed by atoms with Crippen molar-refractivity contribution < 1.29 is 5.11 Å². The average molecular weight is 284 g/mol. The maximum atomic E-state index is 10.3. The highest BCUT2D eigenvalue weighted by Gasteiger charge is 2.18. The van der Waals surface area contributed by atoms with E-state index in [0.717, 1.165) is 0 Å². The summed E-state index contributed by atoms with van der Waals surface area (Å²) in [5.74, 6) is 0. The Morgan fingerprint density at radius 3 is 2.19 bits per heavy atom. The van der Waals surface area contributed by atoms with Gasteiger partial charge in [0.15, 0.2) is 0 Å². The molecular formula is C18H24N2O. The summed E-state index contributed by atoms with van der Waals surface area (Å²) in [4.78, 5) is 8.19. The van der Waals surface area contributed by atoms with Gasteiger partial charge in [-0.1, -0.05) is 32.9 Å². The van der Waals surface area contributed by atoms with E-state index in [1.54, 1.807) is 18.6 Å². The lowest BCUT2D eigenvalue weighted by atomic mass is 9.83. The molecular weight excluding hydrogens is 260 g/mol. The Hall–Kier alpha value is -1.74. The number of hydrogen-bond donors (Lipinski definition) is 1. The first-order valence-electron chi connectivity index (χ1n) is 7.33. The highest BCUT2D eigenvalue weighted by atomic mass is 16.3. The van der Waals surface area contributed by atoms with E-state index in [4.69, 9.17) is 0 Å². The average Bonchev–Trinajstić information content (AvgIpc) is 2.42. The van der Waals surface area contributed by atoms with Crippen molar-refractivity contribution in [1.29, 1.82) is 0 Å². The van der Waals surface area contributed by atoms with Crippen LogP contribution in [0.15, 0.2) is 30.7 Å². The van der Waals surface area contributed by atoms with Gasteiger partial charge >= 0.3 is 0 Å². The molecule has 0 saturated carbocycles. The fourth-order valence-electron chi connectivity index (χ4n) is 2.53. The maximum Gasteiger partial charge on any atom is 0.102 e. The smallest absolute Gasteiger partial charge is 0.102 e. The van der Waals surface area contributed by atoms with Crippen molar-refractivity contribution in [2.45, 2.75) is 52.6 Å². The minimum absolute atomic E-state index is 0.136. The first-order chi connectivity index (χ1) is 9.79. The number of aryl methyl sites for hydroxylation is 2. The SMILES string of the molecule is Cc1cc(C(C)(C)C)cc(C)c1CC(O)c1cnccn1. The minimum atomic E-state index is -0.614. The third-order valence-corrected chi connectivity index (χ3v) is 3.88. The quantitative estimate of drug-likeness (QED) is 0.935. The molecule has 0 aliphatic heterocycles. The number of aliphatic hydroxyl groups excluding tert-OH is 1. The van der Waals surface area contributed by atoms with Gasteiger partial charge in [0, 0.05) is 18.8 Å². The van der Waals surface area contributed by atoms with Crippen LogP contribution in [0, 0.1) is 13.8 Å². The first-order valence-corrected chi connectivity index (χ1v) is 7.33. The molecule has 1 N–H and O–H groups in total. The molecule has 0 bridgehead atoms. The lowest BCUT2D eigenvalue weighted by Gasteiger charge is -2.23. The van der Waals surface area contributed by atoms with E-state index in [-0.39, 0.29) is 5.41 Å². The second-order valence-corrected chi connectivity index (χ2v) is 6.69. The van der Waals surface area contributed by atoms with E-state index in [1.807, 2.05) is 0 Å². The third kappa shape index (κ3) is 3.67. The van der Waals surface area contributed by atoms with E-state index in [0.29, 0.717) is 12.1 Å². The highest BCUT2D eigenvalue weighted by Crippen LogP contribution is 2.29. The number of rotatable bonds is 3. The topological polar surface area (TPSA) is 46.0 Å². The molecule has 3 nitrogen and oxygen atoms in total. The van der Waals surface area contributed by atoms with E-state index in [2.05, 4.69) is 56.7 Å². The molecule has 2 rings (SSSR count). The molecule has 0 aliphatic rings. The van der Waals surface area contributed by atoms with Gasteiger partial charge in [-0.3, -0.25) is 9.97 Å². The third-order valence-electron chi connectivity index (χ3n) is 3.88. The molecule has 0 saturated heterocycles. The Balaban J connectivity index is 2.29. The summed E-state index contributed by atoms with van der Waals surface area (Å²) in [6.07, 6.45) is 4.81. The number of hydrogen-bond acceptors (Lipinski definition) is 3. The first kappa shape index (κ1) is 15.6. The van der Waals surface area contributed by atoms with Crippen LogP contribution in [0.3, 0.4) is 0 Å². The lowest BCUT2D eigenvalue weighted by molar-refractivity contribution is 0.172. The molecule has 0 radical (unpaired) electrons. The fourth-order valence-corrected chi connectivity index (χ4v) is 2.53. The molecule has 1 aromatic heterocycles. The summed E-state index contributed by atoms with van der Waals surface area (Å²) in [7, 11) is 0. The van der Waals surface area contributed by atoms with E-state index >= 15 is 0 Å². The van der Waals surface area contributed by atoms with Crippen LogP contribution in [-0.4, -0.2) is 15.1 Å². The monoisotopic (exact) mass is 284 g/mol. The standard InChI is InChI=1S/C18H24N2O/c1-12-8-14(18(3,4)5)9-13(2)15(12)10-17(21)16-11-19-6-7-20-16/h6-9,11,17,21H,10H2,1-5H3. The molecule has 0 fully saturated rings. The zero-order valence-corrected chi connectivity index (χ0v) is 13.5. The number of aromatic nitrogens is 2. The van der Waals surface area contributed by atoms with Crippen molar-refractivity contribution in [3.63, 3.8) is 0 Å². The zero-order valence-electron chi connectivity index (χ0n) is 13.5. The van der Waals surface area contributed by atoms with Gasteiger partial charge in [-0.25, -0.2) is 0 Å². The van der Waals surface area contributed by atoms with Crippen molar-refractivity contribution in [2.24, 2.45) is 0 Å². The van der Waals surface area contributed by atoms with Crippen molar-refractivity contribution in [2.75, 3.05) is 0 Å². The molecule has 0 amide bonds. The molecule has 112 valence electrons. The Kier molecular flexibility index (Phi) is 4.43. The molecule has 2 aromatic rings. The lowest BCUT2D eigenvalue weighted by Crippen LogP contribution is -2.13. The van der Waals surface area contributed by atoms with Gasteiger partial charge < -0.3 is 5.11 Å². The van der Waals surface area contributed by atoms with Crippen molar-refractivity contribution in [3.05, 3.63) is 58.7 Å². The Morgan fingerprint density at radius 2 is 1.71 bits per heavy atom. The van der Waals surface area contributed by atoms with Crippen molar-refractivity contribution in [1.82, 2.24) is 9.97 Å². The van der Waals surface area contributed by atoms with Crippen molar-refractivity contribution >= 4 is 0 Å². The van der Waals surface area contributed by atoms with Crippen LogP contribution < -0.4 is 0 Å². The van der Waals surface area contributed by atoms with Crippen LogP contribution in [-0.2, 0) is 11.8 Å². The summed E-state index contributed by atoms with van der Waals surface area (Å²) >= 11 is 0. The second-order valence-electron chi connectivity index (χ2n) is 6.69. The molecule has 1 unspecified atom stereocenters. The van der Waals surface area contributed by atoms with Gasteiger partial charge in [-0.15, -0.1) is 0 Å². The Bertz CT molecular complexity index is 592. The molecule has 1 atom stereocenters. The normalized spacial score (nSPS) is 13.2. The summed E-state index contributed by atoms with van der Waals surface area (Å²) in [5, 5.41) is 10.3. The largest absolute Gasteiger partial charge is 0.386 e.